The summed E-state index contributed by atoms with van der Waals surface area (Å²) in [4.78, 5) is -0.254. The Morgan fingerprint density at radius 2 is 2.11 bits per heavy atom. The Bertz CT molecular complexity index is 513. The van der Waals surface area contributed by atoms with E-state index in [1.807, 2.05) is 0 Å². The summed E-state index contributed by atoms with van der Waals surface area (Å²) in [5.41, 5.74) is 0. The van der Waals surface area contributed by atoms with E-state index in [9.17, 15) is 12.8 Å². The zero-order valence-electron chi connectivity index (χ0n) is 10.0. The van der Waals surface area contributed by atoms with Gasteiger partial charge in [0.1, 0.15) is 10.7 Å². The van der Waals surface area contributed by atoms with Crippen molar-refractivity contribution < 1.29 is 17.5 Å². The molecule has 0 saturated heterocycles. The van der Waals surface area contributed by atoms with Crippen LogP contribution in [-0.4, -0.2) is 33.5 Å². The molecule has 0 aliphatic carbocycles. The average molecular weight is 375 g/mol. The van der Waals surface area contributed by atoms with E-state index < -0.39 is 15.8 Å². The SMILES string of the molecule is O=S(=O)(NCCCOCCBr)c1cc(F)ccc1Cl. The smallest absolute Gasteiger partial charge is 0.242 e. The van der Waals surface area contributed by atoms with Crippen LogP contribution in [0.15, 0.2) is 23.1 Å². The number of hydrogen-bond acceptors (Lipinski definition) is 3. The van der Waals surface area contributed by atoms with Crippen LogP contribution in [0.3, 0.4) is 0 Å². The Morgan fingerprint density at radius 3 is 2.79 bits per heavy atom. The summed E-state index contributed by atoms with van der Waals surface area (Å²) in [6.45, 7) is 1.23. The third-order valence-corrected chi connectivity index (χ3v) is 4.43. The van der Waals surface area contributed by atoms with E-state index in [2.05, 4.69) is 20.7 Å². The molecule has 19 heavy (non-hydrogen) atoms. The van der Waals surface area contributed by atoms with Crippen LogP contribution < -0.4 is 4.72 Å². The van der Waals surface area contributed by atoms with Gasteiger partial charge in [-0.15, -0.1) is 0 Å². The molecule has 0 aliphatic rings. The van der Waals surface area contributed by atoms with E-state index in [-0.39, 0.29) is 16.5 Å². The summed E-state index contributed by atoms with van der Waals surface area (Å²) in [5.74, 6) is -0.648. The number of alkyl halides is 1. The summed E-state index contributed by atoms with van der Waals surface area (Å²) in [6.07, 6.45) is 0.527. The molecule has 108 valence electrons. The van der Waals surface area contributed by atoms with Gasteiger partial charge in [-0.1, -0.05) is 27.5 Å². The zero-order valence-corrected chi connectivity index (χ0v) is 13.2. The van der Waals surface area contributed by atoms with Gasteiger partial charge in [-0.2, -0.15) is 0 Å². The summed E-state index contributed by atoms with van der Waals surface area (Å²) in [5, 5.41) is 0.724. The van der Waals surface area contributed by atoms with Crippen molar-refractivity contribution in [3.05, 3.63) is 29.0 Å². The highest BCUT2D eigenvalue weighted by molar-refractivity contribution is 9.09. The van der Waals surface area contributed by atoms with Crippen molar-refractivity contribution >= 4 is 37.6 Å². The van der Waals surface area contributed by atoms with Crippen LogP contribution in [-0.2, 0) is 14.8 Å². The van der Waals surface area contributed by atoms with Gasteiger partial charge in [0, 0.05) is 18.5 Å². The molecule has 8 heteroatoms. The molecule has 0 heterocycles. The molecule has 0 bridgehead atoms. The van der Waals surface area contributed by atoms with Gasteiger partial charge in [0.25, 0.3) is 0 Å². The minimum Gasteiger partial charge on any atom is -0.381 e. The lowest BCUT2D eigenvalue weighted by atomic mass is 10.3. The Hall–Kier alpha value is -0.210. The minimum atomic E-state index is -3.79. The van der Waals surface area contributed by atoms with Gasteiger partial charge in [-0.25, -0.2) is 17.5 Å². The first-order valence-corrected chi connectivity index (χ1v) is 8.54. The summed E-state index contributed by atoms with van der Waals surface area (Å²) in [6, 6.07) is 3.21. The van der Waals surface area contributed by atoms with Gasteiger partial charge in [-0.3, -0.25) is 0 Å². The maximum absolute atomic E-state index is 13.0. The van der Waals surface area contributed by atoms with Crippen molar-refractivity contribution in [2.75, 3.05) is 25.1 Å². The lowest BCUT2D eigenvalue weighted by Gasteiger charge is -2.08. The summed E-state index contributed by atoms with van der Waals surface area (Å²) in [7, 11) is -3.79. The van der Waals surface area contributed by atoms with Crippen molar-refractivity contribution in [1.29, 1.82) is 0 Å². The third-order valence-electron chi connectivity index (χ3n) is 2.16. The van der Waals surface area contributed by atoms with Crippen LogP contribution in [0.1, 0.15) is 6.42 Å². The molecule has 0 amide bonds. The predicted octanol–water partition coefficient (Wildman–Crippen LogP) is 2.56. The van der Waals surface area contributed by atoms with Crippen LogP contribution in [0.4, 0.5) is 4.39 Å². The normalized spacial score (nSPS) is 11.7. The Labute approximate surface area is 125 Å². The molecule has 0 radical (unpaired) electrons. The fourth-order valence-corrected chi connectivity index (χ4v) is 3.11. The van der Waals surface area contributed by atoms with Crippen molar-refractivity contribution in [3.8, 4) is 0 Å². The molecule has 4 nitrogen and oxygen atoms in total. The highest BCUT2D eigenvalue weighted by Crippen LogP contribution is 2.21. The average Bonchev–Trinajstić information content (AvgIpc) is 2.36. The maximum Gasteiger partial charge on any atom is 0.242 e. The highest BCUT2D eigenvalue weighted by Gasteiger charge is 2.17. The Morgan fingerprint density at radius 1 is 1.37 bits per heavy atom. The molecular formula is C11H14BrClFNO3S. The number of sulfonamides is 1. The quantitative estimate of drug-likeness (QED) is 0.562. The van der Waals surface area contributed by atoms with Crippen molar-refractivity contribution in [2.24, 2.45) is 0 Å². The van der Waals surface area contributed by atoms with Gasteiger partial charge in [0.15, 0.2) is 0 Å². The molecule has 0 fully saturated rings. The van der Waals surface area contributed by atoms with E-state index in [0.717, 1.165) is 17.5 Å². The standard InChI is InChI=1S/C11H14BrClFNO3S/c12-4-7-18-6-1-5-15-19(16,17)11-8-9(14)2-3-10(11)13/h2-3,8,15H,1,4-7H2. The molecular weight excluding hydrogens is 361 g/mol. The largest absolute Gasteiger partial charge is 0.381 e. The van der Waals surface area contributed by atoms with Crippen molar-refractivity contribution in [2.45, 2.75) is 11.3 Å². The van der Waals surface area contributed by atoms with Gasteiger partial charge < -0.3 is 4.74 Å². The lowest BCUT2D eigenvalue weighted by molar-refractivity contribution is 0.149. The van der Waals surface area contributed by atoms with E-state index in [1.165, 1.54) is 6.07 Å². The van der Waals surface area contributed by atoms with E-state index in [4.69, 9.17) is 16.3 Å². The van der Waals surface area contributed by atoms with Crippen LogP contribution in [0.25, 0.3) is 0 Å². The van der Waals surface area contributed by atoms with E-state index >= 15 is 0 Å². The number of halogens is 3. The first-order chi connectivity index (χ1) is 8.97. The van der Waals surface area contributed by atoms with Crippen LogP contribution in [0.5, 0.6) is 0 Å². The van der Waals surface area contributed by atoms with Gasteiger partial charge in [-0.05, 0) is 24.6 Å². The second kappa shape index (κ2) is 8.16. The topological polar surface area (TPSA) is 55.4 Å². The monoisotopic (exact) mass is 373 g/mol. The van der Waals surface area contributed by atoms with Gasteiger partial charge in [0.05, 0.1) is 11.6 Å². The second-order valence-corrected chi connectivity index (χ2v) is 6.56. The number of nitrogens with one attached hydrogen (secondary N) is 1. The number of ether oxygens (including phenoxy) is 1. The molecule has 1 rings (SSSR count). The van der Waals surface area contributed by atoms with Crippen LogP contribution >= 0.6 is 27.5 Å². The van der Waals surface area contributed by atoms with Gasteiger partial charge in [0.2, 0.25) is 10.0 Å². The second-order valence-electron chi connectivity index (χ2n) is 3.63. The molecule has 0 spiro atoms. The number of rotatable bonds is 8. The third kappa shape index (κ3) is 5.74. The maximum atomic E-state index is 13.0. The molecule has 1 N–H and O–H groups in total. The van der Waals surface area contributed by atoms with Crippen LogP contribution in [0, 0.1) is 5.82 Å². The van der Waals surface area contributed by atoms with Crippen LogP contribution in [0.2, 0.25) is 5.02 Å². The number of hydrogen-bond donors (Lipinski definition) is 1. The van der Waals surface area contributed by atoms with Crippen molar-refractivity contribution in [3.63, 3.8) is 0 Å². The fourth-order valence-electron chi connectivity index (χ4n) is 1.30. The Balaban J connectivity index is 2.54. The first-order valence-electron chi connectivity index (χ1n) is 5.56. The number of benzene rings is 1. The molecule has 0 unspecified atom stereocenters. The van der Waals surface area contributed by atoms with Gasteiger partial charge >= 0.3 is 0 Å². The van der Waals surface area contributed by atoms with Crippen molar-refractivity contribution in [1.82, 2.24) is 4.72 Å². The molecule has 1 aromatic rings. The molecule has 0 aliphatic heterocycles. The predicted molar refractivity (Wildman–Crippen MR) is 75.8 cm³/mol. The fraction of sp³-hybridized carbons (Fsp3) is 0.455. The highest BCUT2D eigenvalue weighted by atomic mass is 79.9. The Kier molecular flexibility index (Phi) is 7.23. The van der Waals surface area contributed by atoms with E-state index in [1.54, 1.807) is 0 Å². The molecule has 1 aromatic carbocycles. The molecule has 0 saturated carbocycles. The minimum absolute atomic E-state index is 0.00978. The molecule has 0 aromatic heterocycles. The lowest BCUT2D eigenvalue weighted by Crippen LogP contribution is -2.26. The summed E-state index contributed by atoms with van der Waals surface area (Å²) < 4.78 is 44.3. The van der Waals surface area contributed by atoms with E-state index in [0.29, 0.717) is 19.6 Å². The molecule has 0 atom stereocenters. The zero-order chi connectivity index (χ0) is 14.3. The first kappa shape index (κ1) is 16.8. The summed E-state index contributed by atoms with van der Waals surface area (Å²) >= 11 is 8.96.